The van der Waals surface area contributed by atoms with E-state index in [1.54, 1.807) is 0 Å². The molecule has 0 saturated carbocycles. The molecule has 102 valence electrons. The van der Waals surface area contributed by atoms with Crippen molar-refractivity contribution in [2.75, 3.05) is 46.4 Å². The van der Waals surface area contributed by atoms with Gasteiger partial charge < -0.3 is 20.2 Å². The van der Waals surface area contributed by atoms with Crippen LogP contribution in [-0.2, 0) is 0 Å². The molecule has 0 bridgehead atoms. The Morgan fingerprint density at radius 2 is 2.18 bits per heavy atom. The van der Waals surface area contributed by atoms with Gasteiger partial charge in [0.1, 0.15) is 0 Å². The molecule has 1 rings (SSSR count). The molecule has 0 aromatic heterocycles. The molecule has 0 spiro atoms. The van der Waals surface area contributed by atoms with E-state index < -0.39 is 0 Å². The highest BCUT2D eigenvalue weighted by molar-refractivity contribution is 4.78. The molecular weight excluding hydrogens is 214 g/mol. The van der Waals surface area contributed by atoms with Gasteiger partial charge in [-0.1, -0.05) is 6.92 Å². The second kappa shape index (κ2) is 8.03. The van der Waals surface area contributed by atoms with Crippen LogP contribution in [0.3, 0.4) is 0 Å². The van der Waals surface area contributed by atoms with E-state index in [4.69, 9.17) is 0 Å². The van der Waals surface area contributed by atoms with Crippen molar-refractivity contribution in [1.82, 2.24) is 15.1 Å². The number of nitrogens with one attached hydrogen (secondary N) is 1. The van der Waals surface area contributed by atoms with Crippen LogP contribution in [0.25, 0.3) is 0 Å². The number of likely N-dealkylation sites (N-methyl/N-ethyl adjacent to an activating group) is 1. The van der Waals surface area contributed by atoms with Crippen LogP contribution >= 0.6 is 0 Å². The summed E-state index contributed by atoms with van der Waals surface area (Å²) < 4.78 is 0. The molecule has 1 heterocycles. The standard InChI is InChI=1S/C13H29N3O/c1-4-6-14-13(11-17)5-7-16-9-8-15(3)12(2)10-16/h12-14,17H,4-11H2,1-3H3. The molecule has 1 aliphatic rings. The fourth-order valence-electron chi connectivity index (χ4n) is 2.27. The molecule has 4 nitrogen and oxygen atoms in total. The molecule has 0 aromatic rings. The summed E-state index contributed by atoms with van der Waals surface area (Å²) in [4.78, 5) is 4.93. The highest BCUT2D eigenvalue weighted by Gasteiger charge is 2.20. The second-order valence-corrected chi connectivity index (χ2v) is 5.25. The third kappa shape index (κ3) is 5.34. The summed E-state index contributed by atoms with van der Waals surface area (Å²) in [5, 5.41) is 12.7. The van der Waals surface area contributed by atoms with Crippen molar-refractivity contribution in [2.24, 2.45) is 0 Å². The third-order valence-electron chi connectivity index (χ3n) is 3.74. The highest BCUT2D eigenvalue weighted by Crippen LogP contribution is 2.08. The van der Waals surface area contributed by atoms with E-state index in [2.05, 4.69) is 36.0 Å². The monoisotopic (exact) mass is 243 g/mol. The molecule has 1 saturated heterocycles. The summed E-state index contributed by atoms with van der Waals surface area (Å²) >= 11 is 0. The normalized spacial score (nSPS) is 25.1. The number of piperazine rings is 1. The van der Waals surface area contributed by atoms with Gasteiger partial charge in [0, 0.05) is 31.7 Å². The van der Waals surface area contributed by atoms with Crippen molar-refractivity contribution in [3.05, 3.63) is 0 Å². The summed E-state index contributed by atoms with van der Waals surface area (Å²) in [5.41, 5.74) is 0. The summed E-state index contributed by atoms with van der Waals surface area (Å²) in [6, 6.07) is 0.921. The van der Waals surface area contributed by atoms with Crippen molar-refractivity contribution in [2.45, 2.75) is 38.8 Å². The molecular formula is C13H29N3O. The lowest BCUT2D eigenvalue weighted by Crippen LogP contribution is -2.51. The van der Waals surface area contributed by atoms with E-state index >= 15 is 0 Å². The zero-order chi connectivity index (χ0) is 12.7. The topological polar surface area (TPSA) is 38.7 Å². The maximum absolute atomic E-state index is 9.29. The number of hydrogen-bond acceptors (Lipinski definition) is 4. The summed E-state index contributed by atoms with van der Waals surface area (Å²) in [5.74, 6) is 0. The van der Waals surface area contributed by atoms with Gasteiger partial charge >= 0.3 is 0 Å². The Hall–Kier alpha value is -0.160. The lowest BCUT2D eigenvalue weighted by Gasteiger charge is -2.38. The van der Waals surface area contributed by atoms with Gasteiger partial charge in [-0.25, -0.2) is 0 Å². The van der Waals surface area contributed by atoms with Gasteiger partial charge in [-0.3, -0.25) is 0 Å². The molecule has 4 heteroatoms. The van der Waals surface area contributed by atoms with Crippen molar-refractivity contribution in [3.8, 4) is 0 Å². The minimum Gasteiger partial charge on any atom is -0.395 e. The predicted octanol–water partition coefficient (Wildman–Crippen LogP) is 0.373. The van der Waals surface area contributed by atoms with E-state index in [1.165, 1.54) is 0 Å². The predicted molar refractivity (Wildman–Crippen MR) is 72.3 cm³/mol. The van der Waals surface area contributed by atoms with E-state index in [9.17, 15) is 5.11 Å². The maximum atomic E-state index is 9.29. The van der Waals surface area contributed by atoms with Crippen molar-refractivity contribution < 1.29 is 5.11 Å². The van der Waals surface area contributed by atoms with Gasteiger partial charge in [-0.15, -0.1) is 0 Å². The molecule has 2 atom stereocenters. The maximum Gasteiger partial charge on any atom is 0.0585 e. The number of nitrogens with zero attached hydrogens (tertiary/aromatic N) is 2. The Bertz CT molecular complexity index is 201. The van der Waals surface area contributed by atoms with Gasteiger partial charge in [0.25, 0.3) is 0 Å². The number of hydrogen-bond donors (Lipinski definition) is 2. The zero-order valence-corrected chi connectivity index (χ0v) is 11.7. The van der Waals surface area contributed by atoms with Crippen LogP contribution in [0, 0.1) is 0 Å². The average Bonchev–Trinajstić information content (AvgIpc) is 2.34. The quantitative estimate of drug-likeness (QED) is 0.678. The van der Waals surface area contributed by atoms with E-state index in [-0.39, 0.29) is 12.6 Å². The minimum atomic E-state index is 0.253. The highest BCUT2D eigenvalue weighted by atomic mass is 16.3. The molecule has 0 aliphatic carbocycles. The van der Waals surface area contributed by atoms with Gasteiger partial charge in [-0.2, -0.15) is 0 Å². The van der Waals surface area contributed by atoms with Crippen LogP contribution in [0.15, 0.2) is 0 Å². The lowest BCUT2D eigenvalue weighted by atomic mass is 10.1. The number of aliphatic hydroxyl groups excluding tert-OH is 1. The van der Waals surface area contributed by atoms with Gasteiger partial charge in [0.2, 0.25) is 0 Å². The van der Waals surface area contributed by atoms with Crippen LogP contribution in [0.2, 0.25) is 0 Å². The second-order valence-electron chi connectivity index (χ2n) is 5.25. The smallest absolute Gasteiger partial charge is 0.0585 e. The fourth-order valence-corrected chi connectivity index (χ4v) is 2.27. The van der Waals surface area contributed by atoms with Crippen LogP contribution in [-0.4, -0.2) is 73.4 Å². The molecule has 0 amide bonds. The van der Waals surface area contributed by atoms with Crippen LogP contribution in [0.1, 0.15) is 26.7 Å². The first kappa shape index (κ1) is 14.9. The first-order valence-corrected chi connectivity index (χ1v) is 6.94. The van der Waals surface area contributed by atoms with Crippen LogP contribution < -0.4 is 5.32 Å². The zero-order valence-electron chi connectivity index (χ0n) is 11.7. The molecule has 2 unspecified atom stereocenters. The van der Waals surface area contributed by atoms with Gasteiger partial charge in [0.05, 0.1) is 6.61 Å². The Morgan fingerprint density at radius 1 is 1.41 bits per heavy atom. The summed E-state index contributed by atoms with van der Waals surface area (Å²) in [6.45, 7) is 10.3. The molecule has 1 aliphatic heterocycles. The van der Waals surface area contributed by atoms with E-state index in [0.717, 1.165) is 45.6 Å². The molecule has 2 N–H and O–H groups in total. The first-order chi connectivity index (χ1) is 8.17. The molecule has 17 heavy (non-hydrogen) atoms. The summed E-state index contributed by atoms with van der Waals surface area (Å²) in [6.07, 6.45) is 2.18. The first-order valence-electron chi connectivity index (χ1n) is 6.94. The van der Waals surface area contributed by atoms with Crippen LogP contribution in [0.4, 0.5) is 0 Å². The number of rotatable bonds is 7. The summed E-state index contributed by atoms with van der Waals surface area (Å²) in [7, 11) is 2.20. The minimum absolute atomic E-state index is 0.253. The van der Waals surface area contributed by atoms with Crippen molar-refractivity contribution in [1.29, 1.82) is 0 Å². The Labute approximate surface area is 106 Å². The van der Waals surface area contributed by atoms with E-state index in [0.29, 0.717) is 6.04 Å². The fraction of sp³-hybridized carbons (Fsp3) is 1.00. The largest absolute Gasteiger partial charge is 0.395 e. The molecule has 0 aromatic carbocycles. The molecule has 1 fully saturated rings. The Morgan fingerprint density at radius 3 is 2.76 bits per heavy atom. The van der Waals surface area contributed by atoms with Crippen molar-refractivity contribution in [3.63, 3.8) is 0 Å². The Balaban J connectivity index is 2.20. The molecule has 0 radical (unpaired) electrons. The third-order valence-corrected chi connectivity index (χ3v) is 3.74. The number of aliphatic hydroxyl groups is 1. The average molecular weight is 243 g/mol. The lowest BCUT2D eigenvalue weighted by molar-refractivity contribution is 0.0985. The van der Waals surface area contributed by atoms with E-state index in [1.807, 2.05) is 0 Å². The SMILES string of the molecule is CCCNC(CO)CCN1CCN(C)C(C)C1. The van der Waals surface area contributed by atoms with Gasteiger partial charge in [-0.05, 0) is 39.9 Å². The van der Waals surface area contributed by atoms with Gasteiger partial charge in [0.15, 0.2) is 0 Å². The Kier molecular flexibility index (Phi) is 7.04. The van der Waals surface area contributed by atoms with Crippen LogP contribution in [0.5, 0.6) is 0 Å². The van der Waals surface area contributed by atoms with Crippen molar-refractivity contribution >= 4 is 0 Å².